The van der Waals surface area contributed by atoms with Gasteiger partial charge in [-0.3, -0.25) is 14.4 Å². The Balaban J connectivity index is 1.73. The first-order valence-corrected chi connectivity index (χ1v) is 6.92. The number of aliphatic carboxylic acids is 1. The first-order valence-electron chi connectivity index (χ1n) is 6.92. The number of carboxylic acids is 1. The molecule has 1 aromatic rings. The van der Waals surface area contributed by atoms with Crippen LogP contribution in [0.4, 0.5) is 0 Å². The van der Waals surface area contributed by atoms with E-state index < -0.39 is 11.9 Å². The van der Waals surface area contributed by atoms with Gasteiger partial charge in [0.25, 0.3) is 5.91 Å². The molecule has 1 heterocycles. The van der Waals surface area contributed by atoms with Gasteiger partial charge >= 0.3 is 5.97 Å². The summed E-state index contributed by atoms with van der Waals surface area (Å²) in [6.07, 6.45) is 0.683. The van der Waals surface area contributed by atoms with E-state index in [1.807, 2.05) is 6.07 Å². The van der Waals surface area contributed by atoms with Gasteiger partial charge in [0.05, 0.1) is 5.92 Å². The fraction of sp³-hybridized carbons (Fsp3) is 0.400. The summed E-state index contributed by atoms with van der Waals surface area (Å²) in [7, 11) is 0. The summed E-state index contributed by atoms with van der Waals surface area (Å²) in [5, 5.41) is 11.6. The van der Waals surface area contributed by atoms with Gasteiger partial charge in [-0.05, 0) is 18.6 Å². The zero-order valence-electron chi connectivity index (χ0n) is 11.6. The minimum absolute atomic E-state index is 0.118. The maximum atomic E-state index is 11.9. The monoisotopic (exact) mass is 290 g/mol. The molecule has 1 saturated heterocycles. The molecule has 1 aliphatic rings. The molecule has 0 radical (unpaired) electrons. The van der Waals surface area contributed by atoms with Gasteiger partial charge < -0.3 is 15.3 Å². The second kappa shape index (κ2) is 6.88. The number of carboxylic acid groups (broad SMARTS) is 1. The summed E-state index contributed by atoms with van der Waals surface area (Å²) in [6, 6.07) is 8.78. The molecule has 6 nitrogen and oxygen atoms in total. The van der Waals surface area contributed by atoms with Crippen molar-refractivity contribution < 1.29 is 19.5 Å². The number of nitrogens with one attached hydrogen (secondary N) is 1. The number of carbonyl (C=O) groups is 3. The van der Waals surface area contributed by atoms with Crippen molar-refractivity contribution in [2.45, 2.75) is 12.8 Å². The zero-order chi connectivity index (χ0) is 15.2. The van der Waals surface area contributed by atoms with E-state index in [1.165, 1.54) is 0 Å². The maximum absolute atomic E-state index is 11.9. The van der Waals surface area contributed by atoms with Crippen molar-refractivity contribution in [3.05, 3.63) is 35.9 Å². The lowest BCUT2D eigenvalue weighted by molar-refractivity contribution is -0.141. The van der Waals surface area contributed by atoms with Gasteiger partial charge in [0.15, 0.2) is 0 Å². The van der Waals surface area contributed by atoms with Crippen molar-refractivity contribution in [1.82, 2.24) is 10.2 Å². The normalized spacial score (nSPS) is 17.5. The van der Waals surface area contributed by atoms with E-state index in [1.54, 1.807) is 29.2 Å². The van der Waals surface area contributed by atoms with E-state index >= 15 is 0 Å². The molecule has 0 aliphatic carbocycles. The van der Waals surface area contributed by atoms with E-state index in [9.17, 15) is 14.4 Å². The highest BCUT2D eigenvalue weighted by Gasteiger charge is 2.30. The Morgan fingerprint density at radius 1 is 1.24 bits per heavy atom. The van der Waals surface area contributed by atoms with E-state index in [-0.39, 0.29) is 31.3 Å². The third-order valence-corrected chi connectivity index (χ3v) is 3.55. The molecule has 6 heteroatoms. The summed E-state index contributed by atoms with van der Waals surface area (Å²) >= 11 is 0. The van der Waals surface area contributed by atoms with Gasteiger partial charge in [-0.15, -0.1) is 0 Å². The van der Waals surface area contributed by atoms with Crippen LogP contribution < -0.4 is 5.32 Å². The van der Waals surface area contributed by atoms with E-state index in [0.717, 1.165) is 0 Å². The van der Waals surface area contributed by atoms with Crippen LogP contribution >= 0.6 is 0 Å². The summed E-state index contributed by atoms with van der Waals surface area (Å²) in [6.45, 7) is 0.990. The largest absolute Gasteiger partial charge is 0.481 e. The van der Waals surface area contributed by atoms with Gasteiger partial charge in [0.2, 0.25) is 5.91 Å². The molecule has 2 rings (SSSR count). The molecule has 2 N–H and O–H groups in total. The average Bonchev–Trinajstić information content (AvgIpc) is 2.98. The quantitative estimate of drug-likeness (QED) is 0.837. The Morgan fingerprint density at radius 2 is 1.95 bits per heavy atom. The highest BCUT2D eigenvalue weighted by atomic mass is 16.4. The standard InChI is InChI=1S/C15H18N2O4/c18-13(17-9-7-12(10-17)15(20)21)6-8-16-14(19)11-4-2-1-3-5-11/h1-5,12H,6-10H2,(H,16,19)(H,20,21). The Morgan fingerprint density at radius 3 is 2.57 bits per heavy atom. The molecule has 1 fully saturated rings. The number of carbonyl (C=O) groups excluding carboxylic acids is 2. The van der Waals surface area contributed by atoms with Crippen molar-refractivity contribution >= 4 is 17.8 Å². The Bertz CT molecular complexity index is 530. The topological polar surface area (TPSA) is 86.7 Å². The van der Waals surface area contributed by atoms with Gasteiger partial charge in [0.1, 0.15) is 0 Å². The van der Waals surface area contributed by atoms with Crippen LogP contribution in [0.2, 0.25) is 0 Å². The van der Waals surface area contributed by atoms with Crippen molar-refractivity contribution in [3.8, 4) is 0 Å². The van der Waals surface area contributed by atoms with Crippen LogP contribution in [0.3, 0.4) is 0 Å². The smallest absolute Gasteiger partial charge is 0.308 e. The summed E-state index contributed by atoms with van der Waals surface area (Å²) in [5.74, 6) is -1.66. The number of benzene rings is 1. The Hall–Kier alpha value is -2.37. The lowest BCUT2D eigenvalue weighted by Gasteiger charge is -2.15. The van der Waals surface area contributed by atoms with Crippen molar-refractivity contribution in [3.63, 3.8) is 0 Å². The molecule has 21 heavy (non-hydrogen) atoms. The van der Waals surface area contributed by atoms with Gasteiger partial charge in [0, 0.05) is 31.6 Å². The fourth-order valence-electron chi connectivity index (χ4n) is 2.32. The molecule has 1 unspecified atom stereocenters. The van der Waals surface area contributed by atoms with Crippen molar-refractivity contribution in [2.24, 2.45) is 5.92 Å². The molecule has 112 valence electrons. The van der Waals surface area contributed by atoms with Gasteiger partial charge in [-0.25, -0.2) is 0 Å². The van der Waals surface area contributed by atoms with E-state index in [4.69, 9.17) is 5.11 Å². The lowest BCUT2D eigenvalue weighted by atomic mass is 10.1. The first-order chi connectivity index (χ1) is 10.1. The summed E-state index contributed by atoms with van der Waals surface area (Å²) in [4.78, 5) is 36.1. The van der Waals surface area contributed by atoms with Crippen LogP contribution in [0.1, 0.15) is 23.2 Å². The second-order valence-electron chi connectivity index (χ2n) is 5.04. The molecule has 0 aromatic heterocycles. The SMILES string of the molecule is O=C(NCCC(=O)N1CCC(C(=O)O)C1)c1ccccc1. The minimum atomic E-state index is -0.859. The van der Waals surface area contributed by atoms with Crippen LogP contribution in [-0.2, 0) is 9.59 Å². The molecular formula is C15H18N2O4. The minimum Gasteiger partial charge on any atom is -0.481 e. The highest BCUT2D eigenvalue weighted by molar-refractivity contribution is 5.94. The van der Waals surface area contributed by atoms with Gasteiger partial charge in [-0.2, -0.15) is 0 Å². The molecule has 0 spiro atoms. The van der Waals surface area contributed by atoms with Crippen LogP contribution in [0.5, 0.6) is 0 Å². The van der Waals surface area contributed by atoms with Crippen LogP contribution in [0, 0.1) is 5.92 Å². The maximum Gasteiger partial charge on any atom is 0.308 e. The van der Waals surface area contributed by atoms with Crippen molar-refractivity contribution in [2.75, 3.05) is 19.6 Å². The number of hydrogen-bond donors (Lipinski definition) is 2. The summed E-state index contributed by atoms with van der Waals surface area (Å²) < 4.78 is 0. The average molecular weight is 290 g/mol. The zero-order valence-corrected chi connectivity index (χ0v) is 11.6. The molecule has 1 atom stereocenters. The third-order valence-electron chi connectivity index (χ3n) is 3.55. The number of hydrogen-bond acceptors (Lipinski definition) is 3. The number of nitrogens with zero attached hydrogens (tertiary/aromatic N) is 1. The van der Waals surface area contributed by atoms with E-state index in [0.29, 0.717) is 18.5 Å². The van der Waals surface area contributed by atoms with Crippen LogP contribution in [0.15, 0.2) is 30.3 Å². The molecule has 1 aromatic carbocycles. The van der Waals surface area contributed by atoms with Crippen molar-refractivity contribution in [1.29, 1.82) is 0 Å². The number of rotatable bonds is 5. The number of amides is 2. The third kappa shape index (κ3) is 4.05. The molecule has 0 saturated carbocycles. The predicted molar refractivity (Wildman–Crippen MR) is 75.7 cm³/mol. The van der Waals surface area contributed by atoms with Gasteiger partial charge in [-0.1, -0.05) is 18.2 Å². The Kier molecular flexibility index (Phi) is 4.92. The Labute approximate surface area is 122 Å². The summed E-state index contributed by atoms with van der Waals surface area (Å²) in [5.41, 5.74) is 0.553. The second-order valence-corrected chi connectivity index (χ2v) is 5.04. The first kappa shape index (κ1) is 15.0. The molecular weight excluding hydrogens is 272 g/mol. The van der Waals surface area contributed by atoms with Crippen LogP contribution in [-0.4, -0.2) is 47.4 Å². The fourth-order valence-corrected chi connectivity index (χ4v) is 2.32. The molecule has 2 amide bonds. The lowest BCUT2D eigenvalue weighted by Crippen LogP contribution is -2.33. The predicted octanol–water partition coefficient (Wildman–Crippen LogP) is 0.740. The van der Waals surface area contributed by atoms with E-state index in [2.05, 4.69) is 5.32 Å². The molecule has 0 bridgehead atoms. The van der Waals surface area contributed by atoms with Crippen LogP contribution in [0.25, 0.3) is 0 Å². The molecule has 1 aliphatic heterocycles. The number of likely N-dealkylation sites (tertiary alicyclic amines) is 1. The highest BCUT2D eigenvalue weighted by Crippen LogP contribution is 2.16.